The van der Waals surface area contributed by atoms with E-state index in [0.717, 1.165) is 10.5 Å². The fraction of sp³-hybridized carbons (Fsp3) is 0. The molecule has 0 saturated heterocycles. The Morgan fingerprint density at radius 2 is 2.17 bits per heavy atom. The molecule has 3 aromatic rings. The minimum atomic E-state index is -0.297. The number of thiophene rings is 1. The number of nitrogens with zero attached hydrogens (tertiary/aromatic N) is 2. The highest BCUT2D eigenvalue weighted by atomic mass is 32.1. The molecule has 0 atom stereocenters. The van der Waals surface area contributed by atoms with Crippen LogP contribution in [-0.2, 0) is 0 Å². The van der Waals surface area contributed by atoms with Gasteiger partial charge in [-0.15, -0.1) is 11.3 Å². The normalized spacial score (nSPS) is 10.4. The molecule has 3 aromatic heterocycles. The topological polar surface area (TPSA) is 58.4 Å². The first-order valence-corrected chi connectivity index (χ1v) is 6.24. The first-order valence-electron chi connectivity index (χ1n) is 5.36. The summed E-state index contributed by atoms with van der Waals surface area (Å²) >= 11 is 1.47. The molecule has 6 heteroatoms. The number of hydrogen-bond acceptors (Lipinski definition) is 3. The second-order valence-corrected chi connectivity index (χ2v) is 4.58. The number of amides is 2. The van der Waals surface area contributed by atoms with Gasteiger partial charge in [-0.3, -0.25) is 15.0 Å². The number of imidazole rings is 1. The molecule has 0 aliphatic carbocycles. The SMILES string of the molecule is O=C(Nc1cccs1)Nc1ncc2ccccn12. The Balaban J connectivity index is 1.78. The Kier molecular flexibility index (Phi) is 2.70. The van der Waals surface area contributed by atoms with Crippen molar-refractivity contribution in [2.24, 2.45) is 0 Å². The van der Waals surface area contributed by atoms with Crippen LogP contribution in [0.15, 0.2) is 48.1 Å². The lowest BCUT2D eigenvalue weighted by molar-refractivity contribution is 0.262. The van der Waals surface area contributed by atoms with Crippen LogP contribution >= 0.6 is 11.3 Å². The predicted octanol–water partition coefficient (Wildman–Crippen LogP) is 3.04. The Bertz CT molecular complexity index is 674. The molecule has 18 heavy (non-hydrogen) atoms. The molecule has 0 radical (unpaired) electrons. The van der Waals surface area contributed by atoms with E-state index in [4.69, 9.17) is 0 Å². The van der Waals surface area contributed by atoms with Crippen LogP contribution in [0.5, 0.6) is 0 Å². The second kappa shape index (κ2) is 4.50. The number of urea groups is 1. The Hall–Kier alpha value is -2.34. The molecular weight excluding hydrogens is 248 g/mol. The summed E-state index contributed by atoms with van der Waals surface area (Å²) in [6.45, 7) is 0. The van der Waals surface area contributed by atoms with Gasteiger partial charge in [0.2, 0.25) is 5.95 Å². The van der Waals surface area contributed by atoms with E-state index in [0.29, 0.717) is 5.95 Å². The molecule has 2 amide bonds. The molecule has 0 spiro atoms. The Morgan fingerprint density at radius 1 is 1.22 bits per heavy atom. The van der Waals surface area contributed by atoms with E-state index in [1.807, 2.05) is 46.3 Å². The van der Waals surface area contributed by atoms with Crippen LogP contribution in [0.1, 0.15) is 0 Å². The monoisotopic (exact) mass is 258 g/mol. The van der Waals surface area contributed by atoms with Gasteiger partial charge in [-0.05, 0) is 29.6 Å². The molecule has 0 fully saturated rings. The van der Waals surface area contributed by atoms with Gasteiger partial charge in [-0.2, -0.15) is 0 Å². The third-order valence-electron chi connectivity index (χ3n) is 2.42. The fourth-order valence-corrected chi connectivity index (χ4v) is 2.24. The van der Waals surface area contributed by atoms with Gasteiger partial charge in [0.05, 0.1) is 16.7 Å². The summed E-state index contributed by atoms with van der Waals surface area (Å²) < 4.78 is 1.81. The maximum absolute atomic E-state index is 11.8. The van der Waals surface area contributed by atoms with Crippen LogP contribution in [0.2, 0.25) is 0 Å². The molecule has 90 valence electrons. The lowest BCUT2D eigenvalue weighted by Gasteiger charge is -2.04. The van der Waals surface area contributed by atoms with Crippen LogP contribution in [0.25, 0.3) is 5.52 Å². The lowest BCUT2D eigenvalue weighted by atomic mass is 10.4. The lowest BCUT2D eigenvalue weighted by Crippen LogP contribution is -2.20. The molecule has 3 heterocycles. The highest BCUT2D eigenvalue weighted by Crippen LogP contribution is 2.16. The summed E-state index contributed by atoms with van der Waals surface area (Å²) in [4.78, 5) is 15.9. The maximum atomic E-state index is 11.8. The van der Waals surface area contributed by atoms with Crippen molar-refractivity contribution in [1.29, 1.82) is 0 Å². The molecule has 3 rings (SSSR count). The highest BCUT2D eigenvalue weighted by molar-refractivity contribution is 7.14. The van der Waals surface area contributed by atoms with Crippen LogP contribution in [0.3, 0.4) is 0 Å². The zero-order valence-electron chi connectivity index (χ0n) is 9.33. The molecule has 0 bridgehead atoms. The second-order valence-electron chi connectivity index (χ2n) is 3.63. The quantitative estimate of drug-likeness (QED) is 0.742. The number of carbonyl (C=O) groups is 1. The van der Waals surface area contributed by atoms with Crippen molar-refractivity contribution in [3.63, 3.8) is 0 Å². The highest BCUT2D eigenvalue weighted by Gasteiger charge is 2.07. The van der Waals surface area contributed by atoms with Gasteiger partial charge in [-0.1, -0.05) is 6.07 Å². The van der Waals surface area contributed by atoms with Gasteiger partial charge in [0.25, 0.3) is 0 Å². The molecule has 2 N–H and O–H groups in total. The first-order chi connectivity index (χ1) is 8.83. The van der Waals surface area contributed by atoms with E-state index < -0.39 is 0 Å². The van der Waals surface area contributed by atoms with Crippen molar-refractivity contribution in [2.45, 2.75) is 0 Å². The summed E-state index contributed by atoms with van der Waals surface area (Å²) in [5.74, 6) is 0.500. The van der Waals surface area contributed by atoms with E-state index in [9.17, 15) is 4.79 Å². The van der Waals surface area contributed by atoms with Crippen LogP contribution in [-0.4, -0.2) is 15.4 Å². The van der Waals surface area contributed by atoms with Crippen molar-refractivity contribution in [3.05, 3.63) is 48.1 Å². The minimum absolute atomic E-state index is 0.297. The van der Waals surface area contributed by atoms with E-state index >= 15 is 0 Å². The summed E-state index contributed by atoms with van der Waals surface area (Å²) in [6, 6.07) is 9.16. The van der Waals surface area contributed by atoms with Crippen molar-refractivity contribution in [3.8, 4) is 0 Å². The van der Waals surface area contributed by atoms with Gasteiger partial charge in [0.15, 0.2) is 0 Å². The Morgan fingerprint density at radius 3 is 3.00 bits per heavy atom. The van der Waals surface area contributed by atoms with E-state index in [2.05, 4.69) is 15.6 Å². The number of pyridine rings is 1. The number of anilines is 2. The number of carbonyl (C=O) groups excluding carboxylic acids is 1. The van der Waals surface area contributed by atoms with Crippen molar-refractivity contribution in [1.82, 2.24) is 9.38 Å². The average molecular weight is 258 g/mol. The van der Waals surface area contributed by atoms with Crippen LogP contribution in [0, 0.1) is 0 Å². The van der Waals surface area contributed by atoms with Crippen molar-refractivity contribution >= 4 is 33.8 Å². The largest absolute Gasteiger partial charge is 0.326 e. The smallest absolute Gasteiger partial charge is 0.299 e. The Labute approximate surface area is 107 Å². The molecule has 0 saturated carbocycles. The molecular formula is C12H10N4OS. The summed E-state index contributed by atoms with van der Waals surface area (Å²) in [6.07, 6.45) is 3.56. The van der Waals surface area contributed by atoms with E-state index in [1.54, 1.807) is 6.20 Å². The fourth-order valence-electron chi connectivity index (χ4n) is 1.63. The molecule has 5 nitrogen and oxygen atoms in total. The van der Waals surface area contributed by atoms with Crippen LogP contribution in [0.4, 0.5) is 15.7 Å². The van der Waals surface area contributed by atoms with Gasteiger partial charge in [0, 0.05) is 6.20 Å². The van der Waals surface area contributed by atoms with Gasteiger partial charge >= 0.3 is 6.03 Å². The van der Waals surface area contributed by atoms with Crippen LogP contribution < -0.4 is 10.6 Å². The van der Waals surface area contributed by atoms with Gasteiger partial charge < -0.3 is 0 Å². The summed E-state index contributed by atoms with van der Waals surface area (Å²) in [5, 5.41) is 8.15. The number of aromatic nitrogens is 2. The van der Waals surface area contributed by atoms with Crippen molar-refractivity contribution in [2.75, 3.05) is 10.6 Å². The summed E-state index contributed by atoms with van der Waals surface area (Å²) in [7, 11) is 0. The minimum Gasteiger partial charge on any atom is -0.299 e. The van der Waals surface area contributed by atoms with Crippen molar-refractivity contribution < 1.29 is 4.79 Å². The number of hydrogen-bond donors (Lipinski definition) is 2. The molecule has 0 aliphatic rings. The first kappa shape index (κ1) is 10.8. The third-order valence-corrected chi connectivity index (χ3v) is 3.21. The zero-order valence-corrected chi connectivity index (χ0v) is 10.1. The van der Waals surface area contributed by atoms with E-state index in [-0.39, 0.29) is 6.03 Å². The van der Waals surface area contributed by atoms with E-state index in [1.165, 1.54) is 11.3 Å². The molecule has 0 aliphatic heterocycles. The maximum Gasteiger partial charge on any atom is 0.326 e. The molecule has 0 aromatic carbocycles. The third kappa shape index (κ3) is 2.05. The number of nitrogens with one attached hydrogen (secondary N) is 2. The molecule has 0 unspecified atom stereocenters. The summed E-state index contributed by atoms with van der Waals surface area (Å²) in [5.41, 5.74) is 0.934. The number of rotatable bonds is 2. The zero-order chi connectivity index (χ0) is 12.4. The standard InChI is InChI=1S/C12H10N4OS/c17-12(14-10-5-3-7-18-10)15-11-13-8-9-4-1-2-6-16(9)11/h1-8H,(H2,13,14,15,17). The predicted molar refractivity (Wildman–Crippen MR) is 72.2 cm³/mol. The average Bonchev–Trinajstić information content (AvgIpc) is 3.00. The van der Waals surface area contributed by atoms with Gasteiger partial charge in [0.1, 0.15) is 0 Å². The number of fused-ring (bicyclic) bond motifs is 1. The van der Waals surface area contributed by atoms with Gasteiger partial charge in [-0.25, -0.2) is 9.78 Å².